The van der Waals surface area contributed by atoms with E-state index in [0.717, 1.165) is 0 Å². The zero-order valence-corrected chi connectivity index (χ0v) is 9.00. The lowest BCUT2D eigenvalue weighted by Crippen LogP contribution is -2.17. The number of hydrogen-bond donors (Lipinski definition) is 1. The molecule has 0 aromatic heterocycles. The quantitative estimate of drug-likeness (QED) is 0.585. The Hall–Kier alpha value is -1.48. The molecular formula is C11H13FN2O2. The molecule has 0 heterocycles. The molecule has 4 nitrogen and oxygen atoms in total. The van der Waals surface area contributed by atoms with Crippen molar-refractivity contribution in [2.24, 2.45) is 0 Å². The van der Waals surface area contributed by atoms with E-state index in [-0.39, 0.29) is 0 Å². The van der Waals surface area contributed by atoms with Crippen molar-refractivity contribution in [3.63, 3.8) is 0 Å². The van der Waals surface area contributed by atoms with Crippen molar-refractivity contribution in [1.82, 2.24) is 5.48 Å². The highest BCUT2D eigenvalue weighted by Gasteiger charge is 2.00. The molecule has 0 fully saturated rings. The lowest BCUT2D eigenvalue weighted by Gasteiger charge is -2.05. The van der Waals surface area contributed by atoms with Crippen molar-refractivity contribution in [2.75, 3.05) is 20.3 Å². The molecule has 0 bridgehead atoms. The summed E-state index contributed by atoms with van der Waals surface area (Å²) in [4.78, 5) is 5.01. The third-order valence-electron chi connectivity index (χ3n) is 1.85. The lowest BCUT2D eigenvalue weighted by molar-refractivity contribution is 0.00343. The van der Waals surface area contributed by atoms with Gasteiger partial charge in [0, 0.05) is 13.7 Å². The molecule has 0 aliphatic carbocycles. The fourth-order valence-corrected chi connectivity index (χ4v) is 1.15. The summed E-state index contributed by atoms with van der Waals surface area (Å²) in [5.74, 6) is -0.423. The van der Waals surface area contributed by atoms with Crippen LogP contribution in [0.2, 0.25) is 0 Å². The smallest absolute Gasteiger partial charge is 0.124 e. The van der Waals surface area contributed by atoms with E-state index in [9.17, 15) is 4.39 Å². The van der Waals surface area contributed by atoms with Gasteiger partial charge in [0.25, 0.3) is 0 Å². The predicted octanol–water partition coefficient (Wildman–Crippen LogP) is 1.36. The highest BCUT2D eigenvalue weighted by Crippen LogP contribution is 2.08. The summed E-state index contributed by atoms with van der Waals surface area (Å²) in [6.07, 6.45) is 0. The largest absolute Gasteiger partial charge is 0.382 e. The summed E-state index contributed by atoms with van der Waals surface area (Å²) in [5, 5.41) is 8.64. The van der Waals surface area contributed by atoms with Gasteiger partial charge in [-0.2, -0.15) is 10.7 Å². The number of halogens is 1. The first-order chi connectivity index (χ1) is 7.76. The maximum Gasteiger partial charge on any atom is 0.124 e. The van der Waals surface area contributed by atoms with Crippen LogP contribution in [0.25, 0.3) is 0 Å². The zero-order chi connectivity index (χ0) is 11.8. The molecule has 5 heteroatoms. The number of nitriles is 1. The third-order valence-corrected chi connectivity index (χ3v) is 1.85. The normalized spacial score (nSPS) is 10.1. The first kappa shape index (κ1) is 12.6. The third kappa shape index (κ3) is 4.36. The van der Waals surface area contributed by atoms with E-state index in [1.807, 2.05) is 6.07 Å². The number of nitrogens with one attached hydrogen (secondary N) is 1. The highest BCUT2D eigenvalue weighted by molar-refractivity contribution is 5.33. The van der Waals surface area contributed by atoms with E-state index in [4.69, 9.17) is 14.8 Å². The maximum atomic E-state index is 13.0. The number of hydroxylamine groups is 1. The van der Waals surface area contributed by atoms with Gasteiger partial charge in [-0.3, -0.25) is 4.84 Å². The van der Waals surface area contributed by atoms with Crippen LogP contribution in [-0.2, 0) is 16.1 Å². The van der Waals surface area contributed by atoms with Gasteiger partial charge in [-0.05, 0) is 23.8 Å². The SMILES string of the molecule is COCCONCc1cc(F)cc(C#N)c1. The van der Waals surface area contributed by atoms with Crippen molar-refractivity contribution in [1.29, 1.82) is 5.26 Å². The van der Waals surface area contributed by atoms with Gasteiger partial charge in [0.2, 0.25) is 0 Å². The second-order valence-electron chi connectivity index (χ2n) is 3.12. The average Bonchev–Trinajstić information content (AvgIpc) is 2.28. The summed E-state index contributed by atoms with van der Waals surface area (Å²) in [7, 11) is 1.58. The average molecular weight is 224 g/mol. The van der Waals surface area contributed by atoms with Crippen molar-refractivity contribution in [3.05, 3.63) is 35.1 Å². The minimum Gasteiger partial charge on any atom is -0.382 e. The summed E-state index contributed by atoms with van der Waals surface area (Å²) in [5.41, 5.74) is 3.62. The number of rotatable bonds is 6. The Labute approximate surface area is 93.5 Å². The van der Waals surface area contributed by atoms with E-state index in [1.54, 1.807) is 13.2 Å². The van der Waals surface area contributed by atoms with Gasteiger partial charge in [-0.1, -0.05) is 0 Å². The van der Waals surface area contributed by atoms with Crippen LogP contribution in [0.15, 0.2) is 18.2 Å². The molecule has 0 aliphatic heterocycles. The van der Waals surface area contributed by atoms with Crippen LogP contribution < -0.4 is 5.48 Å². The monoisotopic (exact) mass is 224 g/mol. The zero-order valence-electron chi connectivity index (χ0n) is 9.00. The van der Waals surface area contributed by atoms with Gasteiger partial charge in [0.15, 0.2) is 0 Å². The first-order valence-electron chi connectivity index (χ1n) is 4.79. The van der Waals surface area contributed by atoms with Crippen LogP contribution in [0.1, 0.15) is 11.1 Å². The first-order valence-corrected chi connectivity index (χ1v) is 4.79. The molecule has 0 spiro atoms. The van der Waals surface area contributed by atoms with Crippen molar-refractivity contribution in [2.45, 2.75) is 6.54 Å². The predicted molar refractivity (Wildman–Crippen MR) is 55.8 cm³/mol. The Bertz CT molecular complexity index is 377. The van der Waals surface area contributed by atoms with Gasteiger partial charge in [-0.15, -0.1) is 0 Å². The van der Waals surface area contributed by atoms with Crippen LogP contribution in [0.5, 0.6) is 0 Å². The standard InChI is InChI=1S/C11H13FN2O2/c1-15-2-3-16-14-8-10-4-9(7-13)5-11(12)6-10/h4-6,14H,2-3,8H2,1H3. The van der Waals surface area contributed by atoms with E-state index >= 15 is 0 Å². The van der Waals surface area contributed by atoms with Gasteiger partial charge in [0.1, 0.15) is 5.82 Å². The van der Waals surface area contributed by atoms with E-state index in [1.165, 1.54) is 12.1 Å². The molecule has 0 radical (unpaired) electrons. The number of hydrogen-bond acceptors (Lipinski definition) is 4. The second-order valence-corrected chi connectivity index (χ2v) is 3.12. The van der Waals surface area contributed by atoms with Crippen molar-refractivity contribution >= 4 is 0 Å². The number of nitrogens with zero attached hydrogens (tertiary/aromatic N) is 1. The molecule has 0 saturated carbocycles. The number of methoxy groups -OCH3 is 1. The summed E-state index contributed by atoms with van der Waals surface area (Å²) in [6.45, 7) is 1.24. The van der Waals surface area contributed by atoms with Crippen molar-refractivity contribution < 1.29 is 14.0 Å². The molecule has 0 saturated heterocycles. The van der Waals surface area contributed by atoms with Gasteiger partial charge < -0.3 is 4.74 Å². The lowest BCUT2D eigenvalue weighted by atomic mass is 10.1. The Morgan fingerprint density at radius 2 is 2.19 bits per heavy atom. The Kier molecular flexibility index (Phi) is 5.43. The van der Waals surface area contributed by atoms with Gasteiger partial charge in [0.05, 0.1) is 24.8 Å². The minimum atomic E-state index is -0.423. The maximum absolute atomic E-state index is 13.0. The number of benzene rings is 1. The molecule has 86 valence electrons. The van der Waals surface area contributed by atoms with E-state index in [0.29, 0.717) is 30.9 Å². The molecule has 1 aromatic carbocycles. The van der Waals surface area contributed by atoms with Crippen LogP contribution in [-0.4, -0.2) is 20.3 Å². The molecular weight excluding hydrogens is 211 g/mol. The summed E-state index contributed by atoms with van der Waals surface area (Å²) in [6, 6.07) is 6.04. The van der Waals surface area contributed by atoms with E-state index < -0.39 is 5.82 Å². The molecule has 1 N–H and O–H groups in total. The van der Waals surface area contributed by atoms with Gasteiger partial charge in [-0.25, -0.2) is 4.39 Å². The molecule has 1 rings (SSSR count). The second kappa shape index (κ2) is 6.90. The fraction of sp³-hybridized carbons (Fsp3) is 0.364. The minimum absolute atomic E-state index is 0.300. The molecule has 1 aromatic rings. The van der Waals surface area contributed by atoms with Crippen LogP contribution in [0.3, 0.4) is 0 Å². The Morgan fingerprint density at radius 1 is 1.38 bits per heavy atom. The Morgan fingerprint density at radius 3 is 2.88 bits per heavy atom. The topological polar surface area (TPSA) is 54.3 Å². The number of ether oxygens (including phenoxy) is 1. The molecule has 0 amide bonds. The fourth-order valence-electron chi connectivity index (χ4n) is 1.15. The molecule has 16 heavy (non-hydrogen) atoms. The molecule has 0 aliphatic rings. The van der Waals surface area contributed by atoms with Gasteiger partial charge >= 0.3 is 0 Å². The van der Waals surface area contributed by atoms with Crippen LogP contribution in [0.4, 0.5) is 4.39 Å². The van der Waals surface area contributed by atoms with Crippen LogP contribution >= 0.6 is 0 Å². The highest BCUT2D eigenvalue weighted by atomic mass is 19.1. The summed E-state index contributed by atoms with van der Waals surface area (Å²) >= 11 is 0. The van der Waals surface area contributed by atoms with E-state index in [2.05, 4.69) is 5.48 Å². The van der Waals surface area contributed by atoms with Crippen LogP contribution in [0, 0.1) is 17.1 Å². The van der Waals surface area contributed by atoms with Crippen molar-refractivity contribution in [3.8, 4) is 6.07 Å². The summed E-state index contributed by atoms with van der Waals surface area (Å²) < 4.78 is 17.8. The molecule has 0 unspecified atom stereocenters. The Balaban J connectivity index is 2.42. The molecule has 0 atom stereocenters.